The van der Waals surface area contributed by atoms with Crippen molar-refractivity contribution in [1.29, 1.82) is 0 Å². The third-order valence-electron chi connectivity index (χ3n) is 4.47. The Hall–Kier alpha value is -2.86. The Bertz CT molecular complexity index is 887. The van der Waals surface area contributed by atoms with E-state index in [0.29, 0.717) is 18.7 Å². The van der Waals surface area contributed by atoms with E-state index in [9.17, 15) is 4.79 Å². The predicted octanol–water partition coefficient (Wildman–Crippen LogP) is 3.05. The zero-order valence-corrected chi connectivity index (χ0v) is 15.8. The number of carbonyl (C=O) groups is 1. The summed E-state index contributed by atoms with van der Waals surface area (Å²) in [5, 5.41) is 2.96. The van der Waals surface area contributed by atoms with Gasteiger partial charge in [-0.3, -0.25) is 4.79 Å². The molecule has 27 heavy (non-hydrogen) atoms. The van der Waals surface area contributed by atoms with Gasteiger partial charge in [-0.2, -0.15) is 0 Å². The number of amides is 1. The first-order valence-electron chi connectivity index (χ1n) is 9.08. The second-order valence-electron chi connectivity index (χ2n) is 6.25. The van der Waals surface area contributed by atoms with Gasteiger partial charge in [-0.15, -0.1) is 0 Å². The minimum absolute atomic E-state index is 0.0782. The van der Waals surface area contributed by atoms with Crippen molar-refractivity contribution in [1.82, 2.24) is 14.9 Å². The first-order chi connectivity index (χ1) is 13.2. The van der Waals surface area contributed by atoms with Crippen molar-refractivity contribution in [3.8, 4) is 5.75 Å². The van der Waals surface area contributed by atoms with E-state index in [0.717, 1.165) is 42.0 Å². The fourth-order valence-electron chi connectivity index (χ4n) is 3.04. The van der Waals surface area contributed by atoms with Gasteiger partial charge in [-0.05, 0) is 42.8 Å². The lowest BCUT2D eigenvalue weighted by molar-refractivity contribution is 0.0953. The molecule has 142 valence electrons. The number of fused-ring (bicyclic) bond motifs is 1. The molecule has 1 amide bonds. The molecule has 1 N–H and O–H groups in total. The number of hydrogen-bond donors (Lipinski definition) is 1. The molecular weight excluding hydrogens is 342 g/mol. The van der Waals surface area contributed by atoms with Crippen LogP contribution < -0.4 is 10.1 Å². The summed E-state index contributed by atoms with van der Waals surface area (Å²) in [6.45, 7) is 2.00. The van der Waals surface area contributed by atoms with Gasteiger partial charge < -0.3 is 19.4 Å². The molecule has 0 aliphatic heterocycles. The summed E-state index contributed by atoms with van der Waals surface area (Å²) in [5.41, 5.74) is 2.74. The molecular formula is C21H25N3O3. The number of hydrogen-bond acceptors (Lipinski definition) is 4. The molecule has 0 spiro atoms. The van der Waals surface area contributed by atoms with Gasteiger partial charge in [0.25, 0.3) is 5.91 Å². The third-order valence-corrected chi connectivity index (χ3v) is 4.47. The Morgan fingerprint density at radius 1 is 1.11 bits per heavy atom. The number of ether oxygens (including phenoxy) is 2. The highest BCUT2D eigenvalue weighted by Gasteiger charge is 2.10. The Balaban J connectivity index is 1.57. The smallest absolute Gasteiger partial charge is 0.251 e. The summed E-state index contributed by atoms with van der Waals surface area (Å²) < 4.78 is 12.5. The van der Waals surface area contributed by atoms with Crippen LogP contribution in [-0.4, -0.2) is 42.8 Å². The van der Waals surface area contributed by atoms with Crippen LogP contribution in [0.4, 0.5) is 0 Å². The summed E-state index contributed by atoms with van der Waals surface area (Å²) in [6, 6.07) is 15.2. The Morgan fingerprint density at radius 2 is 1.89 bits per heavy atom. The fourth-order valence-corrected chi connectivity index (χ4v) is 3.04. The van der Waals surface area contributed by atoms with Gasteiger partial charge in [-0.1, -0.05) is 12.1 Å². The highest BCUT2D eigenvalue weighted by Crippen LogP contribution is 2.17. The highest BCUT2D eigenvalue weighted by molar-refractivity contribution is 5.94. The van der Waals surface area contributed by atoms with Gasteiger partial charge in [-0.25, -0.2) is 4.98 Å². The minimum atomic E-state index is -0.0782. The minimum Gasteiger partial charge on any atom is -0.497 e. The van der Waals surface area contributed by atoms with Crippen LogP contribution in [0.25, 0.3) is 11.0 Å². The lowest BCUT2D eigenvalue weighted by atomic mass is 10.2. The zero-order chi connectivity index (χ0) is 19.1. The molecule has 2 aromatic carbocycles. The average Bonchev–Trinajstić information content (AvgIpc) is 3.07. The van der Waals surface area contributed by atoms with E-state index in [1.54, 1.807) is 38.5 Å². The van der Waals surface area contributed by atoms with E-state index in [2.05, 4.69) is 16.0 Å². The molecule has 0 unspecified atom stereocenters. The molecule has 0 saturated carbocycles. The maximum Gasteiger partial charge on any atom is 0.251 e. The van der Waals surface area contributed by atoms with Crippen molar-refractivity contribution < 1.29 is 14.3 Å². The van der Waals surface area contributed by atoms with Crippen LogP contribution in [0, 0.1) is 0 Å². The molecule has 1 aromatic heterocycles. The number of aromatic nitrogens is 2. The number of carbonyl (C=O) groups excluding carboxylic acids is 1. The number of methoxy groups -OCH3 is 2. The van der Waals surface area contributed by atoms with E-state index >= 15 is 0 Å². The molecule has 0 aliphatic carbocycles. The number of para-hydroxylation sites is 2. The van der Waals surface area contributed by atoms with E-state index < -0.39 is 0 Å². The highest BCUT2D eigenvalue weighted by atomic mass is 16.5. The summed E-state index contributed by atoms with van der Waals surface area (Å²) in [7, 11) is 3.31. The number of rotatable bonds is 9. The largest absolute Gasteiger partial charge is 0.497 e. The molecule has 1 heterocycles. The van der Waals surface area contributed by atoms with Gasteiger partial charge in [0.05, 0.1) is 24.8 Å². The molecule has 3 aromatic rings. The Morgan fingerprint density at radius 3 is 2.63 bits per heavy atom. The zero-order valence-electron chi connectivity index (χ0n) is 15.8. The lowest BCUT2D eigenvalue weighted by Gasteiger charge is -2.09. The van der Waals surface area contributed by atoms with Gasteiger partial charge >= 0.3 is 0 Å². The summed E-state index contributed by atoms with van der Waals surface area (Å²) >= 11 is 0. The number of aryl methyl sites for hydroxylation is 1. The average molecular weight is 367 g/mol. The van der Waals surface area contributed by atoms with Gasteiger partial charge in [0.15, 0.2) is 0 Å². The second kappa shape index (κ2) is 9.19. The van der Waals surface area contributed by atoms with Crippen LogP contribution in [-0.2, 0) is 17.7 Å². The van der Waals surface area contributed by atoms with Gasteiger partial charge in [0.2, 0.25) is 0 Å². The van der Waals surface area contributed by atoms with Crippen molar-refractivity contribution in [3.05, 3.63) is 59.9 Å². The summed E-state index contributed by atoms with van der Waals surface area (Å²) in [4.78, 5) is 17.0. The maximum absolute atomic E-state index is 12.2. The normalized spacial score (nSPS) is 10.9. The molecule has 0 radical (unpaired) electrons. The standard InChI is InChI=1S/C21H25N3O3/c1-26-15-14-24-19-7-4-3-6-18(19)23-20(24)8-5-13-22-21(25)16-9-11-17(27-2)12-10-16/h3-4,6-7,9-12H,5,8,13-15H2,1-2H3,(H,22,25). The van der Waals surface area contributed by atoms with Crippen molar-refractivity contribution in [2.75, 3.05) is 27.4 Å². The molecule has 0 saturated heterocycles. The third kappa shape index (κ3) is 4.65. The van der Waals surface area contributed by atoms with E-state index in [1.807, 2.05) is 18.2 Å². The first kappa shape index (κ1) is 18.9. The molecule has 6 heteroatoms. The molecule has 0 fully saturated rings. The fraction of sp³-hybridized carbons (Fsp3) is 0.333. The van der Waals surface area contributed by atoms with Crippen LogP contribution in [0.3, 0.4) is 0 Å². The lowest BCUT2D eigenvalue weighted by Crippen LogP contribution is -2.25. The number of nitrogens with zero attached hydrogens (tertiary/aromatic N) is 2. The summed E-state index contributed by atoms with van der Waals surface area (Å²) in [6.07, 6.45) is 1.61. The number of imidazole rings is 1. The molecule has 6 nitrogen and oxygen atoms in total. The van der Waals surface area contributed by atoms with Crippen molar-refractivity contribution in [2.45, 2.75) is 19.4 Å². The molecule has 0 bridgehead atoms. The number of nitrogens with one attached hydrogen (secondary N) is 1. The van der Waals surface area contributed by atoms with Crippen LogP contribution in [0.2, 0.25) is 0 Å². The predicted molar refractivity (Wildman–Crippen MR) is 105 cm³/mol. The van der Waals surface area contributed by atoms with Crippen molar-refractivity contribution in [3.63, 3.8) is 0 Å². The second-order valence-corrected chi connectivity index (χ2v) is 6.25. The van der Waals surface area contributed by atoms with Gasteiger partial charge in [0.1, 0.15) is 11.6 Å². The maximum atomic E-state index is 12.2. The Kier molecular flexibility index (Phi) is 6.44. The summed E-state index contributed by atoms with van der Waals surface area (Å²) in [5.74, 6) is 1.68. The van der Waals surface area contributed by atoms with Crippen molar-refractivity contribution >= 4 is 16.9 Å². The van der Waals surface area contributed by atoms with Crippen LogP contribution in [0.5, 0.6) is 5.75 Å². The molecule has 0 atom stereocenters. The SMILES string of the molecule is COCCn1c(CCCNC(=O)c2ccc(OC)cc2)nc2ccccc21. The Labute approximate surface area is 159 Å². The molecule has 0 aliphatic rings. The van der Waals surface area contributed by atoms with Gasteiger partial charge in [0, 0.05) is 32.2 Å². The number of benzene rings is 2. The van der Waals surface area contributed by atoms with Crippen LogP contribution in [0.1, 0.15) is 22.6 Å². The topological polar surface area (TPSA) is 65.4 Å². The van der Waals surface area contributed by atoms with Crippen LogP contribution >= 0.6 is 0 Å². The van der Waals surface area contributed by atoms with E-state index in [4.69, 9.17) is 14.5 Å². The first-order valence-corrected chi connectivity index (χ1v) is 9.08. The van der Waals surface area contributed by atoms with Crippen LogP contribution in [0.15, 0.2) is 48.5 Å². The monoisotopic (exact) mass is 367 g/mol. The van der Waals surface area contributed by atoms with E-state index in [1.165, 1.54) is 0 Å². The quantitative estimate of drug-likeness (QED) is 0.591. The molecule has 3 rings (SSSR count). The van der Waals surface area contributed by atoms with E-state index in [-0.39, 0.29) is 5.91 Å². The van der Waals surface area contributed by atoms with Crippen molar-refractivity contribution in [2.24, 2.45) is 0 Å².